The monoisotopic (exact) mass is 260 g/mol. The van der Waals surface area contributed by atoms with Crippen LogP contribution in [-0.2, 0) is 0 Å². The van der Waals surface area contributed by atoms with Gasteiger partial charge in [0.05, 0.1) is 10.9 Å². The van der Waals surface area contributed by atoms with Crippen molar-refractivity contribution >= 4 is 15.9 Å². The molecule has 2 unspecified atom stereocenters. The second-order valence-electron chi connectivity index (χ2n) is 3.44. The highest BCUT2D eigenvalue weighted by molar-refractivity contribution is 9.09. The van der Waals surface area contributed by atoms with Crippen molar-refractivity contribution in [3.05, 3.63) is 29.1 Å². The molecule has 0 aromatic heterocycles. The first-order valence-corrected chi connectivity index (χ1v) is 5.26. The van der Waals surface area contributed by atoms with Crippen molar-refractivity contribution in [1.82, 2.24) is 0 Å². The van der Waals surface area contributed by atoms with E-state index >= 15 is 0 Å². The summed E-state index contributed by atoms with van der Waals surface area (Å²) in [5, 5.41) is 9.79. The smallest absolute Gasteiger partial charge is 0.165 e. The first-order valence-electron chi connectivity index (χ1n) is 4.34. The average Bonchev–Trinajstić information content (AvgIpc) is 2.12. The minimum absolute atomic E-state index is 0.170. The lowest BCUT2D eigenvalue weighted by atomic mass is 10.0. The molecule has 0 bridgehead atoms. The number of alkyl halides is 1. The average molecular weight is 261 g/mol. The number of aliphatic hydroxyl groups is 1. The molecular formula is C10H10BrFO2. The third-order valence-electron chi connectivity index (χ3n) is 2.26. The van der Waals surface area contributed by atoms with Gasteiger partial charge >= 0.3 is 0 Å². The number of benzene rings is 1. The molecule has 0 saturated carbocycles. The Labute approximate surface area is 89.8 Å². The molecule has 0 saturated heterocycles. The van der Waals surface area contributed by atoms with Gasteiger partial charge in [0.15, 0.2) is 11.6 Å². The number of fused-ring (bicyclic) bond motifs is 1. The van der Waals surface area contributed by atoms with Gasteiger partial charge in [0, 0.05) is 5.56 Å². The van der Waals surface area contributed by atoms with Crippen LogP contribution in [0.25, 0.3) is 0 Å². The molecule has 0 fully saturated rings. The third kappa shape index (κ3) is 1.53. The predicted octanol–water partition coefficient (Wildman–Crippen LogP) is 2.32. The molecule has 1 aliphatic rings. The van der Waals surface area contributed by atoms with Gasteiger partial charge in [-0.25, -0.2) is 4.39 Å². The van der Waals surface area contributed by atoms with Gasteiger partial charge in [0.2, 0.25) is 0 Å². The van der Waals surface area contributed by atoms with E-state index in [1.54, 1.807) is 13.0 Å². The second-order valence-corrected chi connectivity index (χ2v) is 4.61. The van der Waals surface area contributed by atoms with Gasteiger partial charge in [-0.15, -0.1) is 0 Å². The summed E-state index contributed by atoms with van der Waals surface area (Å²) in [6.45, 7) is 2.07. The van der Waals surface area contributed by atoms with E-state index in [-0.39, 0.29) is 17.2 Å². The van der Waals surface area contributed by atoms with Gasteiger partial charge in [0.25, 0.3) is 0 Å². The number of halogens is 2. The zero-order chi connectivity index (χ0) is 10.3. The predicted molar refractivity (Wildman–Crippen MR) is 54.3 cm³/mol. The Morgan fingerprint density at radius 2 is 2.29 bits per heavy atom. The van der Waals surface area contributed by atoms with E-state index in [1.165, 1.54) is 6.07 Å². The lowest BCUT2D eigenvalue weighted by Gasteiger charge is -2.27. The maximum Gasteiger partial charge on any atom is 0.165 e. The van der Waals surface area contributed by atoms with Crippen molar-refractivity contribution in [2.75, 3.05) is 6.61 Å². The number of aliphatic hydroxyl groups excluding tert-OH is 1. The van der Waals surface area contributed by atoms with Crippen molar-refractivity contribution in [2.45, 2.75) is 17.9 Å². The van der Waals surface area contributed by atoms with Gasteiger partial charge < -0.3 is 9.84 Å². The van der Waals surface area contributed by atoms with E-state index in [0.717, 1.165) is 5.56 Å². The fraction of sp³-hybridized carbons (Fsp3) is 0.400. The van der Waals surface area contributed by atoms with Gasteiger partial charge in [-0.2, -0.15) is 0 Å². The minimum atomic E-state index is -0.701. The Bertz CT molecular complexity index is 367. The summed E-state index contributed by atoms with van der Waals surface area (Å²) in [7, 11) is 0. The summed E-state index contributed by atoms with van der Waals surface area (Å²) in [4.78, 5) is -0.170. The van der Waals surface area contributed by atoms with Crippen LogP contribution in [0.5, 0.6) is 5.75 Å². The number of hydrogen-bond acceptors (Lipinski definition) is 2. The van der Waals surface area contributed by atoms with Crippen LogP contribution in [0.4, 0.5) is 4.39 Å². The van der Waals surface area contributed by atoms with Crippen LogP contribution >= 0.6 is 15.9 Å². The molecule has 0 amide bonds. The lowest BCUT2D eigenvalue weighted by Crippen LogP contribution is -2.26. The zero-order valence-corrected chi connectivity index (χ0v) is 9.21. The highest BCUT2D eigenvalue weighted by atomic mass is 79.9. The highest BCUT2D eigenvalue weighted by Crippen LogP contribution is 2.37. The van der Waals surface area contributed by atoms with Crippen molar-refractivity contribution in [1.29, 1.82) is 0 Å². The van der Waals surface area contributed by atoms with E-state index in [4.69, 9.17) is 4.74 Å². The quantitative estimate of drug-likeness (QED) is 0.726. The number of hydrogen-bond donors (Lipinski definition) is 1. The summed E-state index contributed by atoms with van der Waals surface area (Å²) in [6, 6.07) is 3.15. The lowest BCUT2D eigenvalue weighted by molar-refractivity contribution is 0.121. The Kier molecular flexibility index (Phi) is 2.49. The largest absolute Gasteiger partial charge is 0.489 e. The standard InChI is InChI=1S/C10H10BrFO2/c1-5-2-6-9(13)7(11)4-14-10(6)8(12)3-5/h2-3,7,9,13H,4H2,1H3. The highest BCUT2D eigenvalue weighted by Gasteiger charge is 2.29. The van der Waals surface area contributed by atoms with E-state index in [2.05, 4.69) is 15.9 Å². The molecular weight excluding hydrogens is 251 g/mol. The molecule has 0 radical (unpaired) electrons. The Morgan fingerprint density at radius 1 is 1.57 bits per heavy atom. The van der Waals surface area contributed by atoms with E-state index in [1.807, 2.05) is 0 Å². The maximum absolute atomic E-state index is 13.4. The maximum atomic E-state index is 13.4. The summed E-state index contributed by atoms with van der Waals surface area (Å²) in [5.41, 5.74) is 1.31. The SMILES string of the molecule is Cc1cc(F)c2c(c1)C(O)C(Br)CO2. The number of aryl methyl sites for hydroxylation is 1. The summed E-state index contributed by atoms with van der Waals surface area (Å²) in [6.07, 6.45) is -0.701. The molecule has 1 heterocycles. The van der Waals surface area contributed by atoms with Crippen LogP contribution in [0, 0.1) is 12.7 Å². The van der Waals surface area contributed by atoms with E-state index in [0.29, 0.717) is 5.56 Å². The van der Waals surface area contributed by atoms with Gasteiger partial charge in [-0.1, -0.05) is 15.9 Å². The Morgan fingerprint density at radius 3 is 3.00 bits per heavy atom. The first kappa shape index (κ1) is 9.93. The van der Waals surface area contributed by atoms with Crippen LogP contribution in [0.3, 0.4) is 0 Å². The second kappa shape index (κ2) is 3.51. The van der Waals surface area contributed by atoms with Gasteiger partial charge in [0.1, 0.15) is 6.61 Å². The number of ether oxygens (including phenoxy) is 1. The number of rotatable bonds is 0. The molecule has 1 aromatic carbocycles. The summed E-state index contributed by atoms with van der Waals surface area (Å²) >= 11 is 3.28. The topological polar surface area (TPSA) is 29.5 Å². The molecule has 1 aliphatic heterocycles. The van der Waals surface area contributed by atoms with E-state index in [9.17, 15) is 9.50 Å². The molecule has 2 nitrogen and oxygen atoms in total. The molecule has 2 rings (SSSR count). The zero-order valence-electron chi connectivity index (χ0n) is 7.63. The van der Waals surface area contributed by atoms with Gasteiger partial charge in [-0.3, -0.25) is 0 Å². The van der Waals surface area contributed by atoms with Crippen LogP contribution < -0.4 is 4.74 Å². The van der Waals surface area contributed by atoms with Gasteiger partial charge in [-0.05, 0) is 24.6 Å². The normalized spacial score (nSPS) is 25.4. The van der Waals surface area contributed by atoms with Crippen molar-refractivity contribution in [3.8, 4) is 5.75 Å². The van der Waals surface area contributed by atoms with Crippen LogP contribution in [0.15, 0.2) is 12.1 Å². The molecule has 0 aliphatic carbocycles. The molecule has 76 valence electrons. The molecule has 1 N–H and O–H groups in total. The molecule has 0 spiro atoms. The Balaban J connectivity index is 2.54. The first-order chi connectivity index (χ1) is 6.59. The Hall–Kier alpha value is -0.610. The fourth-order valence-corrected chi connectivity index (χ4v) is 1.99. The van der Waals surface area contributed by atoms with Crippen LogP contribution in [0.2, 0.25) is 0 Å². The minimum Gasteiger partial charge on any atom is -0.489 e. The van der Waals surface area contributed by atoms with Crippen LogP contribution in [0.1, 0.15) is 17.2 Å². The fourth-order valence-electron chi connectivity index (χ4n) is 1.58. The van der Waals surface area contributed by atoms with Crippen molar-refractivity contribution in [2.24, 2.45) is 0 Å². The molecule has 1 aromatic rings. The summed E-state index contributed by atoms with van der Waals surface area (Å²) in [5.74, 6) is -0.225. The molecule has 14 heavy (non-hydrogen) atoms. The van der Waals surface area contributed by atoms with Crippen molar-refractivity contribution < 1.29 is 14.2 Å². The third-order valence-corrected chi connectivity index (χ3v) is 3.03. The summed E-state index contributed by atoms with van der Waals surface area (Å²) < 4.78 is 18.6. The van der Waals surface area contributed by atoms with Crippen molar-refractivity contribution in [3.63, 3.8) is 0 Å². The molecule has 2 atom stereocenters. The van der Waals surface area contributed by atoms with Crippen LogP contribution in [-0.4, -0.2) is 16.5 Å². The van der Waals surface area contributed by atoms with E-state index < -0.39 is 11.9 Å². The molecule has 4 heteroatoms.